The summed E-state index contributed by atoms with van der Waals surface area (Å²) in [4.78, 5) is 14.5. The summed E-state index contributed by atoms with van der Waals surface area (Å²) in [5, 5.41) is 7.17. The topological polar surface area (TPSA) is 50.2 Å². The van der Waals surface area contributed by atoms with Crippen molar-refractivity contribution in [2.24, 2.45) is 0 Å². The summed E-state index contributed by atoms with van der Waals surface area (Å²) in [6.45, 7) is 6.04. The fraction of sp³-hybridized carbons (Fsp3) is 0.600. The van der Waals surface area contributed by atoms with Crippen LogP contribution in [0, 0.1) is 19.3 Å². The number of terminal acetylenes is 1. The molecule has 1 N–H and O–H groups in total. The molecule has 1 aliphatic rings. The molecule has 1 aromatic heterocycles. The van der Waals surface area contributed by atoms with E-state index in [1.807, 2.05) is 6.92 Å². The molecule has 0 unspecified atom stereocenters. The van der Waals surface area contributed by atoms with E-state index in [-0.39, 0.29) is 5.91 Å². The van der Waals surface area contributed by atoms with Crippen molar-refractivity contribution in [3.63, 3.8) is 0 Å². The minimum Gasteiger partial charge on any atom is -0.349 e. The first-order chi connectivity index (χ1) is 9.70. The highest BCUT2D eigenvalue weighted by Gasteiger charge is 2.14. The van der Waals surface area contributed by atoms with E-state index in [1.54, 1.807) is 10.7 Å². The highest BCUT2D eigenvalue weighted by molar-refractivity contribution is 5.92. The van der Waals surface area contributed by atoms with Gasteiger partial charge in [-0.15, -0.1) is 6.42 Å². The van der Waals surface area contributed by atoms with Crippen LogP contribution in [0.15, 0.2) is 6.07 Å². The summed E-state index contributed by atoms with van der Waals surface area (Å²) in [6, 6.07) is 1.77. The molecule has 1 saturated heterocycles. The van der Waals surface area contributed by atoms with Crippen LogP contribution in [0.4, 0.5) is 0 Å². The lowest BCUT2D eigenvalue weighted by atomic mass is 10.1. The molecule has 1 amide bonds. The lowest BCUT2D eigenvalue weighted by Crippen LogP contribution is -2.38. The lowest BCUT2D eigenvalue weighted by molar-refractivity contribution is 0.0936. The molecule has 0 aliphatic carbocycles. The smallest absolute Gasteiger partial charge is 0.269 e. The molecule has 0 saturated carbocycles. The minimum atomic E-state index is -0.0992. The standard InChI is InChI=1S/C15H22N4O/c1-3-8-19-14(12-13(2)17-19)15(20)16-7-11-18-9-5-4-6-10-18/h1,12H,4-11H2,2H3,(H,16,20). The number of nitrogens with zero attached hydrogens (tertiary/aromatic N) is 3. The Labute approximate surface area is 120 Å². The number of hydrogen-bond acceptors (Lipinski definition) is 3. The zero-order valence-electron chi connectivity index (χ0n) is 12.1. The molecule has 1 aromatic rings. The minimum absolute atomic E-state index is 0.0992. The van der Waals surface area contributed by atoms with Crippen molar-refractivity contribution in [2.45, 2.75) is 32.7 Å². The third kappa shape index (κ3) is 3.84. The van der Waals surface area contributed by atoms with Gasteiger partial charge in [-0.25, -0.2) is 4.68 Å². The Bertz CT molecular complexity index is 494. The van der Waals surface area contributed by atoms with Gasteiger partial charge in [0.25, 0.3) is 5.91 Å². The second-order valence-corrected chi connectivity index (χ2v) is 5.19. The van der Waals surface area contributed by atoms with Gasteiger partial charge in [-0.1, -0.05) is 12.3 Å². The van der Waals surface area contributed by atoms with Crippen molar-refractivity contribution < 1.29 is 4.79 Å². The van der Waals surface area contributed by atoms with Crippen molar-refractivity contribution in [3.8, 4) is 12.3 Å². The molecule has 20 heavy (non-hydrogen) atoms. The predicted octanol–water partition coefficient (Wildman–Crippen LogP) is 1.04. The van der Waals surface area contributed by atoms with Crippen LogP contribution >= 0.6 is 0 Å². The molecule has 0 radical (unpaired) electrons. The largest absolute Gasteiger partial charge is 0.349 e. The Kier molecular flexibility index (Phi) is 5.19. The third-order valence-corrected chi connectivity index (χ3v) is 3.54. The maximum Gasteiger partial charge on any atom is 0.269 e. The fourth-order valence-corrected chi connectivity index (χ4v) is 2.54. The monoisotopic (exact) mass is 274 g/mol. The third-order valence-electron chi connectivity index (χ3n) is 3.54. The Hall–Kier alpha value is -1.80. The van der Waals surface area contributed by atoms with E-state index >= 15 is 0 Å². The van der Waals surface area contributed by atoms with Crippen LogP contribution in [0.25, 0.3) is 0 Å². The average molecular weight is 274 g/mol. The van der Waals surface area contributed by atoms with Crippen molar-refractivity contribution in [3.05, 3.63) is 17.5 Å². The number of aromatic nitrogens is 2. The molecule has 1 aliphatic heterocycles. The number of hydrogen-bond donors (Lipinski definition) is 1. The maximum atomic E-state index is 12.1. The molecule has 5 nitrogen and oxygen atoms in total. The highest BCUT2D eigenvalue weighted by Crippen LogP contribution is 2.07. The SMILES string of the molecule is C#CCn1nc(C)cc1C(=O)NCCN1CCCCC1. The molecule has 0 aromatic carbocycles. The average Bonchev–Trinajstić information content (AvgIpc) is 2.81. The quantitative estimate of drug-likeness (QED) is 0.816. The highest BCUT2D eigenvalue weighted by atomic mass is 16.2. The van der Waals surface area contributed by atoms with Gasteiger partial charge >= 0.3 is 0 Å². The molecule has 108 valence electrons. The van der Waals surface area contributed by atoms with Gasteiger partial charge in [0, 0.05) is 13.1 Å². The van der Waals surface area contributed by atoms with Gasteiger partial charge in [0.1, 0.15) is 12.2 Å². The normalized spacial score (nSPS) is 15.8. The Balaban J connectivity index is 1.83. The number of carbonyl (C=O) groups excluding carboxylic acids is 1. The van der Waals surface area contributed by atoms with Crippen molar-refractivity contribution in [1.29, 1.82) is 0 Å². The maximum absolute atomic E-state index is 12.1. The van der Waals surface area contributed by atoms with Gasteiger partial charge in [0.05, 0.1) is 5.69 Å². The second kappa shape index (κ2) is 7.11. The van der Waals surface area contributed by atoms with Crippen LogP contribution in [0.2, 0.25) is 0 Å². The molecule has 2 rings (SSSR count). The summed E-state index contributed by atoms with van der Waals surface area (Å²) in [6.07, 6.45) is 9.15. The first kappa shape index (κ1) is 14.6. The summed E-state index contributed by atoms with van der Waals surface area (Å²) in [5.74, 6) is 2.41. The summed E-state index contributed by atoms with van der Waals surface area (Å²) < 4.78 is 1.57. The predicted molar refractivity (Wildman–Crippen MR) is 78.4 cm³/mol. The van der Waals surface area contributed by atoms with Crippen molar-refractivity contribution in [2.75, 3.05) is 26.2 Å². The zero-order chi connectivity index (χ0) is 14.4. The number of likely N-dealkylation sites (tertiary alicyclic amines) is 1. The molecular weight excluding hydrogens is 252 g/mol. The van der Waals surface area contributed by atoms with E-state index in [4.69, 9.17) is 6.42 Å². The van der Waals surface area contributed by atoms with Crippen LogP contribution < -0.4 is 5.32 Å². The van der Waals surface area contributed by atoms with Gasteiger partial charge in [-0.3, -0.25) is 4.79 Å². The van der Waals surface area contributed by atoms with Crippen molar-refractivity contribution >= 4 is 5.91 Å². The summed E-state index contributed by atoms with van der Waals surface area (Å²) >= 11 is 0. The van der Waals surface area contributed by atoms with E-state index in [0.717, 1.165) is 25.3 Å². The number of nitrogens with one attached hydrogen (secondary N) is 1. The number of rotatable bonds is 5. The molecule has 2 heterocycles. The first-order valence-electron chi connectivity index (χ1n) is 7.19. The van der Waals surface area contributed by atoms with Crippen molar-refractivity contribution in [1.82, 2.24) is 20.0 Å². The summed E-state index contributed by atoms with van der Waals surface area (Å²) in [5.41, 5.74) is 1.35. The van der Waals surface area contributed by atoms with Crippen LogP contribution in [0.3, 0.4) is 0 Å². The van der Waals surface area contributed by atoms with E-state index in [2.05, 4.69) is 21.2 Å². The number of amides is 1. The van der Waals surface area contributed by atoms with Gasteiger partial charge in [-0.05, 0) is 38.9 Å². The van der Waals surface area contributed by atoms with E-state index in [1.165, 1.54) is 19.3 Å². The zero-order valence-corrected chi connectivity index (χ0v) is 12.1. The molecule has 0 atom stereocenters. The van der Waals surface area contributed by atoms with E-state index < -0.39 is 0 Å². The Morgan fingerprint density at radius 2 is 2.20 bits per heavy atom. The van der Waals surface area contributed by atoms with E-state index in [0.29, 0.717) is 18.8 Å². The number of carbonyl (C=O) groups is 1. The number of aryl methyl sites for hydroxylation is 1. The molecule has 0 bridgehead atoms. The molecule has 5 heteroatoms. The Morgan fingerprint density at radius 3 is 2.90 bits per heavy atom. The first-order valence-corrected chi connectivity index (χ1v) is 7.19. The van der Waals surface area contributed by atoms with Crippen LogP contribution in [0.1, 0.15) is 35.4 Å². The molecular formula is C15H22N4O. The lowest BCUT2D eigenvalue weighted by Gasteiger charge is -2.26. The van der Waals surface area contributed by atoms with Gasteiger partial charge in [0.2, 0.25) is 0 Å². The summed E-state index contributed by atoms with van der Waals surface area (Å²) in [7, 11) is 0. The van der Waals surface area contributed by atoms with Gasteiger partial charge in [0.15, 0.2) is 0 Å². The molecule has 1 fully saturated rings. The molecule has 0 spiro atoms. The van der Waals surface area contributed by atoms with Crippen LogP contribution in [-0.2, 0) is 6.54 Å². The second-order valence-electron chi connectivity index (χ2n) is 5.19. The van der Waals surface area contributed by atoms with Crippen LogP contribution in [0.5, 0.6) is 0 Å². The fourth-order valence-electron chi connectivity index (χ4n) is 2.54. The Morgan fingerprint density at radius 1 is 1.45 bits per heavy atom. The number of piperidine rings is 1. The van der Waals surface area contributed by atoms with Gasteiger partial charge in [-0.2, -0.15) is 5.10 Å². The van der Waals surface area contributed by atoms with E-state index in [9.17, 15) is 4.79 Å². The van der Waals surface area contributed by atoms with Crippen LogP contribution in [-0.4, -0.2) is 46.8 Å². The van der Waals surface area contributed by atoms with Gasteiger partial charge < -0.3 is 10.2 Å².